The van der Waals surface area contributed by atoms with Crippen LogP contribution in [0.2, 0.25) is 0 Å². The lowest BCUT2D eigenvalue weighted by Crippen LogP contribution is -2.45. The zero-order valence-corrected chi connectivity index (χ0v) is 20.5. The maximum Gasteiger partial charge on any atom is 0.257 e. The van der Waals surface area contributed by atoms with Gasteiger partial charge in [-0.15, -0.1) is 5.10 Å². The van der Waals surface area contributed by atoms with Crippen molar-refractivity contribution in [2.75, 3.05) is 44.8 Å². The van der Waals surface area contributed by atoms with Crippen molar-refractivity contribution in [2.45, 2.75) is 57.7 Å². The predicted molar refractivity (Wildman–Crippen MR) is 126 cm³/mol. The van der Waals surface area contributed by atoms with E-state index in [0.717, 1.165) is 49.4 Å². The molecule has 2 aromatic rings. The molecule has 0 atom stereocenters. The van der Waals surface area contributed by atoms with Crippen LogP contribution in [-0.2, 0) is 9.47 Å². The number of ether oxygens (including phenoxy) is 3. The minimum Gasteiger partial charge on any atom is -0.473 e. The van der Waals surface area contributed by atoms with Crippen LogP contribution in [0.1, 0.15) is 45.6 Å². The van der Waals surface area contributed by atoms with Gasteiger partial charge in [-0.1, -0.05) is 0 Å². The minimum atomic E-state index is 0.172. The fourth-order valence-electron chi connectivity index (χ4n) is 4.32. The summed E-state index contributed by atoms with van der Waals surface area (Å²) >= 11 is 3.39. The van der Waals surface area contributed by atoms with Crippen LogP contribution in [0.25, 0.3) is 0 Å². The van der Waals surface area contributed by atoms with E-state index in [-0.39, 0.29) is 6.10 Å². The van der Waals surface area contributed by atoms with Gasteiger partial charge >= 0.3 is 0 Å². The molecule has 9 nitrogen and oxygen atoms in total. The fourth-order valence-corrected chi connectivity index (χ4v) is 4.61. The highest BCUT2D eigenvalue weighted by atomic mass is 79.9. The highest BCUT2D eigenvalue weighted by Gasteiger charge is 2.29. The normalized spacial score (nSPS) is 22.2. The van der Waals surface area contributed by atoms with E-state index in [1.165, 1.54) is 12.8 Å². The third kappa shape index (κ3) is 6.40. The molecule has 2 aromatic heterocycles. The molecular formula is C22H33BrN6O3. The highest BCUT2D eigenvalue weighted by Crippen LogP contribution is 2.34. The van der Waals surface area contributed by atoms with Gasteiger partial charge in [-0.05, 0) is 61.5 Å². The molecule has 1 aliphatic carbocycles. The Morgan fingerprint density at radius 3 is 2.62 bits per heavy atom. The third-order valence-electron chi connectivity index (χ3n) is 5.94. The molecule has 10 heteroatoms. The summed E-state index contributed by atoms with van der Waals surface area (Å²) in [6, 6.07) is 2.81. The smallest absolute Gasteiger partial charge is 0.257 e. The van der Waals surface area contributed by atoms with Gasteiger partial charge < -0.3 is 19.5 Å². The van der Waals surface area contributed by atoms with E-state index in [2.05, 4.69) is 40.8 Å². The van der Waals surface area contributed by atoms with Crippen LogP contribution < -0.4 is 10.1 Å². The first-order valence-corrected chi connectivity index (χ1v) is 12.3. The number of hydrogen-bond donors (Lipinski definition) is 1. The Hall–Kier alpha value is -1.75. The molecular weight excluding hydrogens is 476 g/mol. The number of aromatic nitrogens is 4. The van der Waals surface area contributed by atoms with Crippen molar-refractivity contribution >= 4 is 27.6 Å². The SMILES string of the molecule is CC(C)OCCOc1nn(C2CCC(N3CCOCC3)CC2)cc1Nc1nccc(Br)n1. The first kappa shape index (κ1) is 23.4. The molecule has 3 heterocycles. The van der Waals surface area contributed by atoms with E-state index in [9.17, 15) is 0 Å². The van der Waals surface area contributed by atoms with Crippen molar-refractivity contribution in [2.24, 2.45) is 0 Å². The van der Waals surface area contributed by atoms with Crippen molar-refractivity contribution in [3.63, 3.8) is 0 Å². The van der Waals surface area contributed by atoms with E-state index in [0.29, 0.717) is 37.1 Å². The van der Waals surface area contributed by atoms with Gasteiger partial charge in [0.25, 0.3) is 5.88 Å². The lowest BCUT2D eigenvalue weighted by Gasteiger charge is -2.38. The summed E-state index contributed by atoms with van der Waals surface area (Å²) in [5.74, 6) is 1.05. The van der Waals surface area contributed by atoms with Crippen molar-refractivity contribution in [1.82, 2.24) is 24.6 Å². The van der Waals surface area contributed by atoms with Gasteiger partial charge in [0.1, 0.15) is 16.9 Å². The summed E-state index contributed by atoms with van der Waals surface area (Å²) in [7, 11) is 0. The minimum absolute atomic E-state index is 0.172. The monoisotopic (exact) mass is 508 g/mol. The van der Waals surface area contributed by atoms with Gasteiger partial charge in [0.2, 0.25) is 5.95 Å². The fraction of sp³-hybridized carbons (Fsp3) is 0.682. The van der Waals surface area contributed by atoms with Gasteiger partial charge in [-0.2, -0.15) is 0 Å². The van der Waals surface area contributed by atoms with Gasteiger partial charge in [-0.3, -0.25) is 9.58 Å². The van der Waals surface area contributed by atoms with E-state index < -0.39 is 0 Å². The Morgan fingerprint density at radius 1 is 1.16 bits per heavy atom. The molecule has 176 valence electrons. The number of nitrogens with one attached hydrogen (secondary N) is 1. The Labute approximate surface area is 198 Å². The van der Waals surface area contributed by atoms with Crippen molar-refractivity contribution in [1.29, 1.82) is 0 Å². The molecule has 1 saturated heterocycles. The Bertz CT molecular complexity index is 850. The molecule has 0 spiro atoms. The zero-order valence-electron chi connectivity index (χ0n) is 18.9. The van der Waals surface area contributed by atoms with Gasteiger partial charge in [0.05, 0.1) is 38.2 Å². The average Bonchev–Trinajstić information content (AvgIpc) is 3.20. The predicted octanol–water partition coefficient (Wildman–Crippen LogP) is 3.80. The second kappa shape index (κ2) is 11.4. The van der Waals surface area contributed by atoms with Crippen molar-refractivity contribution in [3.8, 4) is 5.88 Å². The second-order valence-electron chi connectivity index (χ2n) is 8.53. The standard InChI is InChI=1S/C22H33BrN6O3/c1-16(2)31-13-14-32-21-19(25-22-24-8-7-20(23)26-22)15-29(27-21)18-5-3-17(4-6-18)28-9-11-30-12-10-28/h7-8,15-18H,3-6,9-14H2,1-2H3,(H,24,25,26). The lowest BCUT2D eigenvalue weighted by atomic mass is 9.90. The molecule has 0 bridgehead atoms. The summed E-state index contributed by atoms with van der Waals surface area (Å²) in [5.41, 5.74) is 0.767. The van der Waals surface area contributed by atoms with Crippen LogP contribution in [0.4, 0.5) is 11.6 Å². The summed E-state index contributed by atoms with van der Waals surface area (Å²) < 4.78 is 19.9. The zero-order chi connectivity index (χ0) is 22.3. The van der Waals surface area contributed by atoms with Crippen LogP contribution in [0.5, 0.6) is 5.88 Å². The molecule has 1 saturated carbocycles. The summed E-state index contributed by atoms with van der Waals surface area (Å²) in [5, 5.41) is 8.04. The Kier molecular flexibility index (Phi) is 8.34. The third-order valence-corrected chi connectivity index (χ3v) is 6.38. The molecule has 4 rings (SSSR count). The highest BCUT2D eigenvalue weighted by molar-refractivity contribution is 9.10. The van der Waals surface area contributed by atoms with E-state index in [1.807, 2.05) is 20.0 Å². The number of nitrogens with zero attached hydrogens (tertiary/aromatic N) is 5. The Morgan fingerprint density at radius 2 is 1.91 bits per heavy atom. The molecule has 0 unspecified atom stereocenters. The lowest BCUT2D eigenvalue weighted by molar-refractivity contribution is 0.00501. The van der Waals surface area contributed by atoms with E-state index >= 15 is 0 Å². The van der Waals surface area contributed by atoms with Gasteiger partial charge in [0, 0.05) is 25.3 Å². The van der Waals surface area contributed by atoms with Gasteiger partial charge in [0.15, 0.2) is 0 Å². The molecule has 0 amide bonds. The molecule has 0 radical (unpaired) electrons. The summed E-state index contributed by atoms with van der Waals surface area (Å²) in [6.45, 7) is 8.79. The molecule has 1 N–H and O–H groups in total. The molecule has 32 heavy (non-hydrogen) atoms. The Balaban J connectivity index is 1.42. The molecule has 2 fully saturated rings. The quantitative estimate of drug-likeness (QED) is 0.404. The number of halogens is 1. The van der Waals surface area contributed by atoms with Crippen molar-refractivity contribution < 1.29 is 14.2 Å². The van der Waals surface area contributed by atoms with Gasteiger partial charge in [-0.25, -0.2) is 9.97 Å². The number of morpholine rings is 1. The molecule has 0 aromatic carbocycles. The van der Waals surface area contributed by atoms with E-state index in [4.69, 9.17) is 19.3 Å². The topological polar surface area (TPSA) is 86.6 Å². The maximum absolute atomic E-state index is 5.97. The molecule has 2 aliphatic rings. The van der Waals surface area contributed by atoms with E-state index in [1.54, 1.807) is 12.3 Å². The average molecular weight is 509 g/mol. The largest absolute Gasteiger partial charge is 0.473 e. The summed E-state index contributed by atoms with van der Waals surface area (Å²) in [6.07, 6.45) is 8.46. The number of rotatable bonds is 9. The van der Waals surface area contributed by atoms with Crippen LogP contribution in [0.15, 0.2) is 23.1 Å². The molecule has 1 aliphatic heterocycles. The van der Waals surface area contributed by atoms with Crippen LogP contribution in [0, 0.1) is 0 Å². The maximum atomic E-state index is 5.97. The van der Waals surface area contributed by atoms with Crippen LogP contribution in [0.3, 0.4) is 0 Å². The van der Waals surface area contributed by atoms with Crippen molar-refractivity contribution in [3.05, 3.63) is 23.1 Å². The number of hydrogen-bond acceptors (Lipinski definition) is 8. The van der Waals surface area contributed by atoms with Crippen LogP contribution >= 0.6 is 15.9 Å². The number of anilines is 2. The first-order valence-electron chi connectivity index (χ1n) is 11.5. The first-order chi connectivity index (χ1) is 15.6. The van der Waals surface area contributed by atoms with Crippen LogP contribution in [-0.4, -0.2) is 76.3 Å². The second-order valence-corrected chi connectivity index (χ2v) is 9.35. The summed E-state index contributed by atoms with van der Waals surface area (Å²) in [4.78, 5) is 11.3.